The highest BCUT2D eigenvalue weighted by Gasteiger charge is 2.45. The molecule has 1 aromatic carbocycles. The van der Waals surface area contributed by atoms with Gasteiger partial charge in [0.1, 0.15) is 17.1 Å². The fourth-order valence-electron chi connectivity index (χ4n) is 3.97. The average Bonchev–Trinajstić information content (AvgIpc) is 3.27. The quantitative estimate of drug-likeness (QED) is 0.729. The number of carbonyl (C=O) groups excluding carboxylic acids is 1. The van der Waals surface area contributed by atoms with Crippen molar-refractivity contribution in [2.24, 2.45) is 0 Å². The van der Waals surface area contributed by atoms with Crippen molar-refractivity contribution in [3.63, 3.8) is 0 Å². The first-order chi connectivity index (χ1) is 13.0. The second kappa shape index (κ2) is 6.68. The average molecular weight is 364 g/mol. The molecule has 1 saturated heterocycles. The summed E-state index contributed by atoms with van der Waals surface area (Å²) in [5.41, 5.74) is 3.11. The highest BCUT2D eigenvalue weighted by Crippen LogP contribution is 2.41. The molecular formula is C21H24N4O2. The molecule has 2 N–H and O–H groups in total. The van der Waals surface area contributed by atoms with E-state index in [1.165, 1.54) is 0 Å². The Morgan fingerprint density at radius 1 is 1.22 bits per heavy atom. The Morgan fingerprint density at radius 2 is 2.00 bits per heavy atom. The van der Waals surface area contributed by atoms with Crippen molar-refractivity contribution in [3.05, 3.63) is 53.6 Å². The van der Waals surface area contributed by atoms with Crippen molar-refractivity contribution in [1.29, 1.82) is 0 Å². The van der Waals surface area contributed by atoms with Crippen molar-refractivity contribution in [1.82, 2.24) is 20.3 Å². The normalized spacial score (nSPS) is 19.6. The number of aromatic nitrogens is 3. The van der Waals surface area contributed by atoms with Crippen molar-refractivity contribution in [3.8, 4) is 5.75 Å². The van der Waals surface area contributed by atoms with Crippen LogP contribution in [0.25, 0.3) is 11.0 Å². The van der Waals surface area contributed by atoms with Crippen LogP contribution < -0.4 is 10.1 Å². The van der Waals surface area contributed by atoms with E-state index in [1.807, 2.05) is 24.3 Å². The first-order valence-corrected chi connectivity index (χ1v) is 9.29. The summed E-state index contributed by atoms with van der Waals surface area (Å²) in [5.74, 6) is 1.93. The van der Waals surface area contributed by atoms with E-state index in [2.05, 4.69) is 29.1 Å². The first-order valence-electron chi connectivity index (χ1n) is 9.29. The Kier molecular flexibility index (Phi) is 4.34. The molecule has 1 fully saturated rings. The molecule has 1 atom stereocenters. The standard InChI is InChI=1S/C21H24N4O2/c1-13(2)19-24-17-15(4-5-16(27-3)18(17)25-19)21(8-11-23-20(21)26)12-14-6-9-22-10-7-14/h4-7,9-10,13H,8,11-12H2,1-3H3,(H,23,26)(H,24,25). The van der Waals surface area contributed by atoms with E-state index >= 15 is 0 Å². The Bertz CT molecular complexity index is 981. The number of hydrogen-bond acceptors (Lipinski definition) is 4. The molecule has 3 aromatic rings. The second-order valence-electron chi connectivity index (χ2n) is 7.44. The number of methoxy groups -OCH3 is 1. The zero-order valence-electron chi connectivity index (χ0n) is 15.9. The lowest BCUT2D eigenvalue weighted by molar-refractivity contribution is -0.123. The Balaban J connectivity index is 1.93. The predicted octanol–water partition coefficient (Wildman–Crippen LogP) is 3.09. The van der Waals surface area contributed by atoms with Crippen molar-refractivity contribution >= 4 is 16.9 Å². The number of nitrogens with zero attached hydrogens (tertiary/aromatic N) is 2. The molecule has 4 rings (SSSR count). The molecule has 0 saturated carbocycles. The lowest BCUT2D eigenvalue weighted by Gasteiger charge is -2.27. The van der Waals surface area contributed by atoms with E-state index in [9.17, 15) is 4.79 Å². The van der Waals surface area contributed by atoms with Crippen molar-refractivity contribution in [2.45, 2.75) is 38.0 Å². The third-order valence-corrected chi connectivity index (χ3v) is 5.44. The van der Waals surface area contributed by atoms with Gasteiger partial charge < -0.3 is 15.0 Å². The van der Waals surface area contributed by atoms with Crippen LogP contribution in [-0.4, -0.2) is 34.5 Å². The number of carbonyl (C=O) groups is 1. The lowest BCUT2D eigenvalue weighted by atomic mass is 9.74. The number of H-pyrrole nitrogens is 1. The number of rotatable bonds is 5. The molecule has 0 aliphatic carbocycles. The highest BCUT2D eigenvalue weighted by molar-refractivity contribution is 5.97. The van der Waals surface area contributed by atoms with Gasteiger partial charge >= 0.3 is 0 Å². The zero-order valence-corrected chi connectivity index (χ0v) is 15.9. The number of benzene rings is 1. The molecule has 2 aromatic heterocycles. The number of amides is 1. The molecule has 0 bridgehead atoms. The van der Waals surface area contributed by atoms with Gasteiger partial charge in [0.2, 0.25) is 5.91 Å². The summed E-state index contributed by atoms with van der Waals surface area (Å²) in [6.45, 7) is 4.86. The molecule has 0 radical (unpaired) electrons. The van der Waals surface area contributed by atoms with Crippen LogP contribution in [0, 0.1) is 0 Å². The summed E-state index contributed by atoms with van der Waals surface area (Å²) in [5, 5.41) is 3.03. The van der Waals surface area contributed by atoms with Crippen LogP contribution in [0.1, 0.15) is 43.1 Å². The van der Waals surface area contributed by atoms with Gasteiger partial charge in [-0.3, -0.25) is 9.78 Å². The van der Waals surface area contributed by atoms with E-state index in [-0.39, 0.29) is 11.8 Å². The van der Waals surface area contributed by atoms with Crippen molar-refractivity contribution < 1.29 is 9.53 Å². The van der Waals surface area contributed by atoms with Gasteiger partial charge in [-0.25, -0.2) is 4.98 Å². The molecule has 6 nitrogen and oxygen atoms in total. The molecular weight excluding hydrogens is 340 g/mol. The molecule has 1 aliphatic heterocycles. The van der Waals surface area contributed by atoms with Crippen LogP contribution in [-0.2, 0) is 16.6 Å². The fraction of sp³-hybridized carbons (Fsp3) is 0.381. The lowest BCUT2D eigenvalue weighted by Crippen LogP contribution is -2.38. The highest BCUT2D eigenvalue weighted by atomic mass is 16.5. The van der Waals surface area contributed by atoms with Crippen LogP contribution in [0.15, 0.2) is 36.7 Å². The van der Waals surface area contributed by atoms with Gasteiger partial charge in [-0.1, -0.05) is 19.9 Å². The molecule has 140 valence electrons. The van der Waals surface area contributed by atoms with Gasteiger partial charge in [0.05, 0.1) is 18.0 Å². The number of nitrogens with one attached hydrogen (secondary N) is 2. The summed E-state index contributed by atoms with van der Waals surface area (Å²) in [7, 11) is 1.65. The maximum Gasteiger partial charge on any atom is 0.231 e. The minimum Gasteiger partial charge on any atom is -0.494 e. The smallest absolute Gasteiger partial charge is 0.231 e. The van der Waals surface area contributed by atoms with Crippen LogP contribution in [0.5, 0.6) is 5.75 Å². The minimum absolute atomic E-state index is 0.0616. The van der Waals surface area contributed by atoms with Crippen LogP contribution in [0.3, 0.4) is 0 Å². The summed E-state index contributed by atoms with van der Waals surface area (Å²) in [6.07, 6.45) is 4.91. The van der Waals surface area contributed by atoms with Gasteiger partial charge in [-0.2, -0.15) is 0 Å². The maximum atomic E-state index is 13.0. The zero-order chi connectivity index (χ0) is 19.0. The van der Waals surface area contributed by atoms with Gasteiger partial charge in [0.25, 0.3) is 0 Å². The van der Waals surface area contributed by atoms with E-state index in [0.29, 0.717) is 13.0 Å². The predicted molar refractivity (Wildman–Crippen MR) is 104 cm³/mol. The van der Waals surface area contributed by atoms with Gasteiger partial charge in [-0.05, 0) is 42.2 Å². The summed E-state index contributed by atoms with van der Waals surface area (Å²) in [6, 6.07) is 7.87. The Hall–Kier alpha value is -2.89. The molecule has 1 amide bonds. The molecule has 1 aliphatic rings. The largest absolute Gasteiger partial charge is 0.494 e. The number of hydrogen-bond donors (Lipinski definition) is 2. The molecule has 0 spiro atoms. The number of imidazole rings is 1. The summed E-state index contributed by atoms with van der Waals surface area (Å²) in [4.78, 5) is 25.4. The topological polar surface area (TPSA) is 79.9 Å². The fourth-order valence-corrected chi connectivity index (χ4v) is 3.97. The Labute approximate surface area is 158 Å². The molecule has 3 heterocycles. The van der Waals surface area contributed by atoms with E-state index in [1.54, 1.807) is 19.5 Å². The van der Waals surface area contributed by atoms with E-state index < -0.39 is 5.41 Å². The monoisotopic (exact) mass is 364 g/mol. The van der Waals surface area contributed by atoms with Gasteiger partial charge in [0.15, 0.2) is 0 Å². The van der Waals surface area contributed by atoms with Crippen LogP contribution >= 0.6 is 0 Å². The van der Waals surface area contributed by atoms with Crippen LogP contribution in [0.2, 0.25) is 0 Å². The number of pyridine rings is 1. The summed E-state index contributed by atoms with van der Waals surface area (Å²) < 4.78 is 5.52. The maximum absolute atomic E-state index is 13.0. The minimum atomic E-state index is -0.632. The number of ether oxygens (including phenoxy) is 1. The van der Waals surface area contributed by atoms with Crippen molar-refractivity contribution in [2.75, 3.05) is 13.7 Å². The van der Waals surface area contributed by atoms with Crippen LogP contribution in [0.4, 0.5) is 0 Å². The van der Waals surface area contributed by atoms with E-state index in [0.717, 1.165) is 40.2 Å². The van der Waals surface area contributed by atoms with Gasteiger partial charge in [0, 0.05) is 24.9 Å². The molecule has 1 unspecified atom stereocenters. The van der Waals surface area contributed by atoms with E-state index in [4.69, 9.17) is 9.72 Å². The summed E-state index contributed by atoms with van der Waals surface area (Å²) >= 11 is 0. The second-order valence-corrected chi connectivity index (χ2v) is 7.44. The first kappa shape index (κ1) is 17.5. The molecule has 27 heavy (non-hydrogen) atoms. The molecule has 6 heteroatoms. The van der Waals surface area contributed by atoms with Gasteiger partial charge in [-0.15, -0.1) is 0 Å². The Morgan fingerprint density at radius 3 is 2.63 bits per heavy atom. The third kappa shape index (κ3) is 2.85. The SMILES string of the molecule is COc1ccc(C2(Cc3ccncc3)CCNC2=O)c2[nH]c(C(C)C)nc12. The third-order valence-electron chi connectivity index (χ3n) is 5.44. The number of fused-ring (bicyclic) bond motifs is 1. The number of aromatic amines is 1.